The van der Waals surface area contributed by atoms with E-state index in [0.717, 1.165) is 6.92 Å². The van der Waals surface area contributed by atoms with E-state index in [0.29, 0.717) is 0 Å². The molecular formula is C6H11AlO4. The first-order chi connectivity index (χ1) is 4.52. The molecular weight excluding hydrogens is 163 g/mol. The molecule has 0 spiro atoms. The lowest BCUT2D eigenvalue weighted by atomic mass is 10.3. The van der Waals surface area contributed by atoms with Gasteiger partial charge in [0.05, 0.1) is 0 Å². The van der Waals surface area contributed by atoms with E-state index >= 15 is 0 Å². The van der Waals surface area contributed by atoms with Gasteiger partial charge in [0.2, 0.25) is 0 Å². The Labute approximate surface area is 75.0 Å². The number of carbonyl (C=O) groups is 3. The lowest BCUT2D eigenvalue weighted by Gasteiger charge is -1.94. The minimum atomic E-state index is -0.792. The lowest BCUT2D eigenvalue weighted by molar-refractivity contribution is -0.158. The van der Waals surface area contributed by atoms with Crippen LogP contribution in [0, 0.1) is 0 Å². The Hall–Kier alpha value is -0.658. The molecule has 0 radical (unpaired) electrons. The Bertz CT molecular complexity index is 157. The zero-order chi connectivity index (χ0) is 8.15. The number of hydrogen-bond acceptors (Lipinski definition) is 4. The highest BCUT2D eigenvalue weighted by molar-refractivity contribution is 5.97. The molecule has 0 aromatic heterocycles. The van der Waals surface area contributed by atoms with Crippen LogP contribution in [0.4, 0.5) is 0 Å². The number of Topliss-reactive ketones (excluding diaryl/α,β-unsaturated/α-hetero) is 1. The van der Waals surface area contributed by atoms with Crippen molar-refractivity contribution in [1.29, 1.82) is 0 Å². The predicted octanol–water partition coefficient (Wildman–Crippen LogP) is -1.13. The molecule has 0 aliphatic heterocycles. The van der Waals surface area contributed by atoms with Crippen molar-refractivity contribution in [2.45, 2.75) is 20.3 Å². The molecule has 5 heteroatoms. The van der Waals surface area contributed by atoms with Gasteiger partial charge >= 0.3 is 11.9 Å². The van der Waals surface area contributed by atoms with Crippen molar-refractivity contribution in [3.05, 3.63) is 0 Å². The molecule has 0 rings (SSSR count). The quantitative estimate of drug-likeness (QED) is 0.302. The largest absolute Gasteiger partial charge is 0.393 e. The molecule has 62 valence electrons. The summed E-state index contributed by atoms with van der Waals surface area (Å²) < 4.78 is 4.06. The summed E-state index contributed by atoms with van der Waals surface area (Å²) in [6, 6.07) is 0. The topological polar surface area (TPSA) is 60.4 Å². The molecule has 0 unspecified atom stereocenters. The summed E-state index contributed by atoms with van der Waals surface area (Å²) in [6.45, 7) is 2.36. The normalized spacial score (nSPS) is 7.82. The second-order valence-corrected chi connectivity index (χ2v) is 1.84. The first kappa shape index (κ1) is 13.0. The standard InChI is InChI=1S/C6H8O4.Al.3H/c1-4(7)3-6(9)10-5(2)8;;;;/h3H2,1-2H3;;;;. The summed E-state index contributed by atoms with van der Waals surface area (Å²) in [5.74, 6) is -1.79. The molecule has 0 aliphatic carbocycles. The van der Waals surface area contributed by atoms with Gasteiger partial charge in [0, 0.05) is 6.92 Å². The van der Waals surface area contributed by atoms with Crippen LogP contribution < -0.4 is 0 Å². The highest BCUT2D eigenvalue weighted by atomic mass is 27.0. The molecule has 0 N–H and O–H groups in total. The van der Waals surface area contributed by atoms with E-state index in [4.69, 9.17) is 0 Å². The van der Waals surface area contributed by atoms with E-state index in [1.807, 2.05) is 0 Å². The highest BCUT2D eigenvalue weighted by Gasteiger charge is 2.07. The Morgan fingerprint density at radius 3 is 1.91 bits per heavy atom. The van der Waals surface area contributed by atoms with E-state index in [-0.39, 0.29) is 29.6 Å². The fourth-order valence-electron chi connectivity index (χ4n) is 0.400. The second-order valence-electron chi connectivity index (χ2n) is 1.84. The summed E-state index contributed by atoms with van der Waals surface area (Å²) >= 11 is 0. The average molecular weight is 174 g/mol. The number of rotatable bonds is 2. The molecule has 0 fully saturated rings. The molecule has 0 amide bonds. The first-order valence-electron chi connectivity index (χ1n) is 2.73. The summed E-state index contributed by atoms with van der Waals surface area (Å²) in [7, 11) is 0. The number of hydrogen-bond donors (Lipinski definition) is 0. The highest BCUT2D eigenvalue weighted by Crippen LogP contribution is 1.87. The molecule has 0 heterocycles. The smallest absolute Gasteiger partial charge is 0.320 e. The molecule has 0 aliphatic rings. The maximum absolute atomic E-state index is 10.4. The van der Waals surface area contributed by atoms with Crippen LogP contribution in [-0.4, -0.2) is 35.1 Å². The molecule has 0 atom stereocenters. The van der Waals surface area contributed by atoms with Gasteiger partial charge in [0.15, 0.2) is 17.4 Å². The van der Waals surface area contributed by atoms with Crippen molar-refractivity contribution in [3.8, 4) is 0 Å². The van der Waals surface area contributed by atoms with E-state index in [2.05, 4.69) is 4.74 Å². The van der Waals surface area contributed by atoms with Crippen molar-refractivity contribution in [3.63, 3.8) is 0 Å². The minimum Gasteiger partial charge on any atom is -0.393 e. The van der Waals surface area contributed by atoms with Gasteiger partial charge < -0.3 is 4.74 Å². The fourth-order valence-corrected chi connectivity index (χ4v) is 0.400. The molecule has 0 saturated heterocycles. The Morgan fingerprint density at radius 1 is 1.18 bits per heavy atom. The van der Waals surface area contributed by atoms with Gasteiger partial charge in [0.1, 0.15) is 12.2 Å². The van der Waals surface area contributed by atoms with Gasteiger partial charge in [-0.05, 0) is 6.92 Å². The zero-order valence-corrected chi connectivity index (χ0v) is 5.84. The third-order valence-electron chi connectivity index (χ3n) is 0.651. The molecule has 4 nitrogen and oxygen atoms in total. The first-order valence-corrected chi connectivity index (χ1v) is 2.73. The Morgan fingerprint density at radius 2 is 1.64 bits per heavy atom. The van der Waals surface area contributed by atoms with Crippen molar-refractivity contribution >= 4 is 35.1 Å². The summed E-state index contributed by atoms with van der Waals surface area (Å²) in [5.41, 5.74) is 0. The van der Waals surface area contributed by atoms with Gasteiger partial charge in [-0.2, -0.15) is 0 Å². The minimum absolute atomic E-state index is 0. The number of carbonyl (C=O) groups excluding carboxylic acids is 3. The average Bonchev–Trinajstić information content (AvgIpc) is 1.58. The molecule has 0 saturated carbocycles. The molecule has 0 aromatic rings. The third kappa shape index (κ3) is 9.34. The van der Waals surface area contributed by atoms with Crippen LogP contribution in [0.1, 0.15) is 20.3 Å². The van der Waals surface area contributed by atoms with Gasteiger partial charge in [0.25, 0.3) is 0 Å². The predicted molar refractivity (Wildman–Crippen MR) is 42.0 cm³/mol. The monoisotopic (exact) mass is 174 g/mol. The van der Waals surface area contributed by atoms with Gasteiger partial charge in [-0.1, -0.05) is 0 Å². The van der Waals surface area contributed by atoms with Crippen molar-refractivity contribution in [1.82, 2.24) is 0 Å². The van der Waals surface area contributed by atoms with Crippen molar-refractivity contribution < 1.29 is 19.1 Å². The van der Waals surface area contributed by atoms with Crippen LogP contribution in [0.2, 0.25) is 0 Å². The zero-order valence-electron chi connectivity index (χ0n) is 5.84. The van der Waals surface area contributed by atoms with E-state index in [1.54, 1.807) is 0 Å². The van der Waals surface area contributed by atoms with Crippen LogP contribution in [0.3, 0.4) is 0 Å². The van der Waals surface area contributed by atoms with E-state index < -0.39 is 11.9 Å². The second kappa shape index (κ2) is 6.08. The van der Waals surface area contributed by atoms with Gasteiger partial charge in [-0.3, -0.25) is 14.4 Å². The Balaban J connectivity index is 0. The molecule has 0 bridgehead atoms. The van der Waals surface area contributed by atoms with Crippen molar-refractivity contribution in [2.24, 2.45) is 0 Å². The third-order valence-corrected chi connectivity index (χ3v) is 0.651. The maximum Gasteiger partial charge on any atom is 0.320 e. The van der Waals surface area contributed by atoms with E-state index in [1.165, 1.54) is 6.92 Å². The maximum atomic E-state index is 10.4. The summed E-state index contributed by atoms with van der Waals surface area (Å²) in [6.07, 6.45) is -0.334. The van der Waals surface area contributed by atoms with Gasteiger partial charge in [-0.25, -0.2) is 0 Å². The Kier molecular flexibility index (Phi) is 7.17. The van der Waals surface area contributed by atoms with Crippen LogP contribution in [0.15, 0.2) is 0 Å². The summed E-state index contributed by atoms with van der Waals surface area (Å²) in [5, 5.41) is 0. The SMILES string of the molecule is CC(=O)CC(=O)OC(C)=O.[AlH3]. The van der Waals surface area contributed by atoms with E-state index in [9.17, 15) is 14.4 Å². The van der Waals surface area contributed by atoms with Crippen LogP contribution in [-0.2, 0) is 19.1 Å². The number of ether oxygens (including phenoxy) is 1. The lowest BCUT2D eigenvalue weighted by Crippen LogP contribution is -2.11. The molecule has 11 heavy (non-hydrogen) atoms. The fraction of sp³-hybridized carbons (Fsp3) is 0.500. The van der Waals surface area contributed by atoms with Crippen molar-refractivity contribution in [2.75, 3.05) is 0 Å². The van der Waals surface area contributed by atoms with Gasteiger partial charge in [-0.15, -0.1) is 0 Å². The van der Waals surface area contributed by atoms with Crippen LogP contribution in [0.25, 0.3) is 0 Å². The molecule has 0 aromatic carbocycles. The van der Waals surface area contributed by atoms with Crippen LogP contribution in [0.5, 0.6) is 0 Å². The number of ketones is 1. The summed E-state index contributed by atoms with van der Waals surface area (Å²) in [4.78, 5) is 30.7. The van der Waals surface area contributed by atoms with Crippen LogP contribution >= 0.6 is 0 Å². The number of esters is 2.